The fourth-order valence-electron chi connectivity index (χ4n) is 4.16. The van der Waals surface area contributed by atoms with Crippen molar-refractivity contribution in [1.29, 1.82) is 0 Å². The van der Waals surface area contributed by atoms with Crippen molar-refractivity contribution in [2.75, 3.05) is 25.4 Å². The Morgan fingerprint density at radius 3 is 2.68 bits per heavy atom. The molecule has 0 saturated carbocycles. The molecule has 2 aliphatic rings. The Kier molecular flexibility index (Phi) is 7.07. The Bertz CT molecular complexity index is 916. The lowest BCUT2D eigenvalue weighted by Gasteiger charge is -2.40. The highest BCUT2D eigenvalue weighted by atomic mass is 32.3. The molecule has 2 aliphatic heterocycles. The van der Waals surface area contributed by atoms with Crippen LogP contribution in [0.4, 0.5) is 0 Å². The highest BCUT2D eigenvalue weighted by molar-refractivity contribution is 8.01. The van der Waals surface area contributed by atoms with Crippen molar-refractivity contribution in [3.63, 3.8) is 0 Å². The van der Waals surface area contributed by atoms with Gasteiger partial charge in [0.25, 0.3) is 0 Å². The lowest BCUT2D eigenvalue weighted by molar-refractivity contribution is -0.140. The van der Waals surface area contributed by atoms with E-state index in [4.69, 9.17) is 10.5 Å². The van der Waals surface area contributed by atoms with Crippen molar-refractivity contribution in [3.05, 3.63) is 33.7 Å². The third-order valence-corrected chi connectivity index (χ3v) is 8.09. The number of hydrogen-bond acceptors (Lipinski definition) is 7. The molecule has 172 valence electrons. The van der Waals surface area contributed by atoms with E-state index in [1.54, 1.807) is 17.0 Å². The molecule has 0 radical (unpaired) electrons. The number of ether oxygens (including phenoxy) is 1. The second-order valence-electron chi connectivity index (χ2n) is 8.15. The number of nitroso groups, excluding NO2 is 1. The molecule has 0 aromatic heterocycles. The monoisotopic (exact) mass is 455 g/mol. The van der Waals surface area contributed by atoms with Crippen LogP contribution >= 0.6 is 0 Å². The summed E-state index contributed by atoms with van der Waals surface area (Å²) >= 11 is 0. The summed E-state index contributed by atoms with van der Waals surface area (Å²) in [6.07, 6.45) is -0.00811. The molecule has 0 aliphatic carbocycles. The zero-order valence-corrected chi connectivity index (χ0v) is 18.3. The van der Waals surface area contributed by atoms with Crippen molar-refractivity contribution < 1.29 is 28.7 Å². The molecule has 0 bridgehead atoms. The minimum atomic E-state index is -3.39. The highest BCUT2D eigenvalue weighted by Crippen LogP contribution is 2.41. The molecule has 1 aromatic carbocycles. The van der Waals surface area contributed by atoms with Crippen LogP contribution in [-0.4, -0.2) is 68.8 Å². The number of hydrogen-bond donors (Lipinski definition) is 4. The Labute approximate surface area is 181 Å². The number of nitrogens with two attached hydrogens (primary N) is 1. The normalized spacial score (nSPS) is 22.0. The van der Waals surface area contributed by atoms with Crippen molar-refractivity contribution in [1.82, 2.24) is 4.90 Å². The molecule has 4 N–H and O–H groups in total. The third kappa shape index (κ3) is 4.94. The topological polar surface area (TPSA) is 160 Å². The maximum absolute atomic E-state index is 12.8. The molecule has 1 saturated heterocycles. The van der Waals surface area contributed by atoms with Crippen LogP contribution in [0.1, 0.15) is 53.6 Å². The predicted octanol–water partition coefficient (Wildman–Crippen LogP) is 0.780. The number of benzene rings is 1. The summed E-state index contributed by atoms with van der Waals surface area (Å²) in [7, 11) is -3.39. The van der Waals surface area contributed by atoms with Crippen molar-refractivity contribution in [3.8, 4) is 5.75 Å². The molecule has 1 amide bonds. The number of aliphatic hydroxyl groups is 1. The van der Waals surface area contributed by atoms with Gasteiger partial charge in [0.15, 0.2) is 0 Å². The van der Waals surface area contributed by atoms with E-state index in [0.29, 0.717) is 25.1 Å². The van der Waals surface area contributed by atoms with Crippen LogP contribution in [-0.2, 0) is 20.7 Å². The molecule has 1 fully saturated rings. The van der Waals surface area contributed by atoms with Crippen molar-refractivity contribution in [2.24, 2.45) is 10.3 Å². The van der Waals surface area contributed by atoms with Gasteiger partial charge in [-0.15, -0.1) is 4.91 Å². The standard InChI is InChI=1S/C20H29N3O7S/c1-2-12-10-31(29,22-28)11-16-15(12)4-5-17(19(16)20(26)27)30-14-8-23(9-14)18(25)6-3-13(24)7-21/h4-5,12-14,24,31H,2-3,6-11,21H2,1H3,(H,26,27)/t12-,13?/m0/s1. The minimum Gasteiger partial charge on any atom is -0.486 e. The molecule has 2 atom stereocenters. The van der Waals surface area contributed by atoms with Gasteiger partial charge in [0.1, 0.15) is 17.4 Å². The quantitative estimate of drug-likeness (QED) is 0.314. The number of thiol groups is 1. The molecular weight excluding hydrogens is 426 g/mol. The molecule has 0 spiro atoms. The van der Waals surface area contributed by atoms with Gasteiger partial charge in [-0.1, -0.05) is 13.0 Å². The third-order valence-electron chi connectivity index (χ3n) is 5.97. The Balaban J connectivity index is 1.75. The van der Waals surface area contributed by atoms with Gasteiger partial charge in [-0.2, -0.15) is 0 Å². The number of amides is 1. The Morgan fingerprint density at radius 1 is 1.39 bits per heavy atom. The van der Waals surface area contributed by atoms with E-state index in [1.807, 2.05) is 6.92 Å². The van der Waals surface area contributed by atoms with E-state index in [1.165, 1.54) is 0 Å². The lowest BCUT2D eigenvalue weighted by Crippen LogP contribution is -2.56. The van der Waals surface area contributed by atoms with Crippen LogP contribution in [0.15, 0.2) is 16.7 Å². The van der Waals surface area contributed by atoms with E-state index in [9.17, 15) is 28.9 Å². The van der Waals surface area contributed by atoms with E-state index in [0.717, 1.165) is 5.56 Å². The molecular formula is C20H29N3O7S. The van der Waals surface area contributed by atoms with Gasteiger partial charge in [0.05, 0.1) is 19.2 Å². The Hall–Kier alpha value is -2.37. The van der Waals surface area contributed by atoms with E-state index < -0.39 is 22.2 Å². The largest absolute Gasteiger partial charge is 0.486 e. The van der Waals surface area contributed by atoms with Crippen LogP contribution in [0.3, 0.4) is 0 Å². The maximum Gasteiger partial charge on any atom is 0.339 e. The number of aliphatic hydroxyl groups excluding tert-OH is 1. The van der Waals surface area contributed by atoms with Gasteiger partial charge in [0.2, 0.25) is 5.91 Å². The SMILES string of the molecule is CC[C@H]1C[SH](=O)(N=O)Cc2c1ccc(OC1CN(C(=O)CCC(O)CN)C1)c2C(=O)O. The van der Waals surface area contributed by atoms with Gasteiger partial charge in [-0.25, -0.2) is 4.79 Å². The van der Waals surface area contributed by atoms with E-state index in [-0.39, 0.29) is 60.1 Å². The number of likely N-dealkylation sites (tertiary alicyclic amines) is 1. The van der Waals surface area contributed by atoms with Gasteiger partial charge in [-0.3, -0.25) is 9.00 Å². The van der Waals surface area contributed by atoms with Crippen LogP contribution in [0, 0.1) is 4.91 Å². The smallest absolute Gasteiger partial charge is 0.339 e. The number of nitrogens with zero attached hydrogens (tertiary/aromatic N) is 2. The average Bonchev–Trinajstić information content (AvgIpc) is 2.72. The van der Waals surface area contributed by atoms with Gasteiger partial charge >= 0.3 is 5.97 Å². The minimum absolute atomic E-state index is 0.0876. The summed E-state index contributed by atoms with van der Waals surface area (Å²) < 4.78 is 21.5. The number of fused-ring (bicyclic) bond motifs is 1. The summed E-state index contributed by atoms with van der Waals surface area (Å²) in [5, 5.41) is 19.3. The summed E-state index contributed by atoms with van der Waals surface area (Å²) in [5.74, 6) is -1.43. The van der Waals surface area contributed by atoms with Gasteiger partial charge in [0, 0.05) is 39.2 Å². The maximum atomic E-state index is 12.8. The average molecular weight is 456 g/mol. The van der Waals surface area contributed by atoms with Gasteiger partial charge in [-0.05, 0) is 36.0 Å². The molecule has 1 aromatic rings. The summed E-state index contributed by atoms with van der Waals surface area (Å²) in [6, 6.07) is 3.37. The number of carbonyl (C=O) groups excluding carboxylic acids is 1. The van der Waals surface area contributed by atoms with Crippen molar-refractivity contribution in [2.45, 2.75) is 50.1 Å². The number of carbonyl (C=O) groups is 2. The fourth-order valence-corrected chi connectivity index (χ4v) is 6.39. The first-order valence-electron chi connectivity index (χ1n) is 10.4. The van der Waals surface area contributed by atoms with Crippen LogP contribution in [0.25, 0.3) is 0 Å². The fraction of sp³-hybridized carbons (Fsp3) is 0.600. The highest BCUT2D eigenvalue weighted by Gasteiger charge is 2.37. The molecule has 2 heterocycles. The number of rotatable bonds is 9. The summed E-state index contributed by atoms with van der Waals surface area (Å²) in [5.41, 5.74) is 6.37. The van der Waals surface area contributed by atoms with Crippen molar-refractivity contribution >= 4 is 22.0 Å². The van der Waals surface area contributed by atoms with Crippen LogP contribution < -0.4 is 10.5 Å². The first kappa shape index (κ1) is 23.3. The number of carboxylic acid groups (broad SMARTS) is 1. The molecule has 1 unspecified atom stereocenters. The molecule has 31 heavy (non-hydrogen) atoms. The molecule has 10 nitrogen and oxygen atoms in total. The first-order chi connectivity index (χ1) is 14.7. The van der Waals surface area contributed by atoms with Crippen LogP contribution in [0.2, 0.25) is 0 Å². The molecule has 11 heteroatoms. The predicted molar refractivity (Wildman–Crippen MR) is 116 cm³/mol. The zero-order valence-electron chi connectivity index (χ0n) is 17.4. The lowest BCUT2D eigenvalue weighted by atomic mass is 9.90. The second kappa shape index (κ2) is 9.41. The van der Waals surface area contributed by atoms with Gasteiger partial charge < -0.3 is 25.6 Å². The van der Waals surface area contributed by atoms with Crippen LogP contribution in [0.5, 0.6) is 5.75 Å². The zero-order chi connectivity index (χ0) is 22.8. The number of aromatic carboxylic acids is 1. The van der Waals surface area contributed by atoms with E-state index in [2.05, 4.69) is 4.58 Å². The molecule has 3 rings (SSSR count). The number of carboxylic acids is 1. The first-order valence-corrected chi connectivity index (χ1v) is 12.4. The van der Waals surface area contributed by atoms with E-state index >= 15 is 0 Å². The summed E-state index contributed by atoms with van der Waals surface area (Å²) in [6.45, 7) is 2.60. The Morgan fingerprint density at radius 2 is 2.10 bits per heavy atom. The summed E-state index contributed by atoms with van der Waals surface area (Å²) in [4.78, 5) is 37.0. The second-order valence-corrected chi connectivity index (χ2v) is 10.7.